The second-order valence-corrected chi connectivity index (χ2v) is 6.39. The fraction of sp³-hybridized carbons (Fsp3) is 0.929. The molecular formula is C14H24N2O. The molecule has 3 atom stereocenters. The molecule has 0 aromatic carbocycles. The van der Waals surface area contributed by atoms with Gasteiger partial charge in [-0.15, -0.1) is 0 Å². The van der Waals surface area contributed by atoms with Crippen LogP contribution < -0.4 is 5.32 Å². The Kier molecular flexibility index (Phi) is 2.89. The van der Waals surface area contributed by atoms with Gasteiger partial charge in [-0.1, -0.05) is 12.8 Å². The first-order valence-corrected chi connectivity index (χ1v) is 7.22. The summed E-state index contributed by atoms with van der Waals surface area (Å²) in [6.07, 6.45) is 7.56. The predicted molar refractivity (Wildman–Crippen MR) is 67.7 cm³/mol. The maximum absolute atomic E-state index is 12.7. The van der Waals surface area contributed by atoms with Gasteiger partial charge in [0.2, 0.25) is 5.91 Å². The summed E-state index contributed by atoms with van der Waals surface area (Å²) in [6, 6.07) is 0.577. The Morgan fingerprint density at radius 3 is 2.88 bits per heavy atom. The van der Waals surface area contributed by atoms with Crippen LogP contribution in [0, 0.1) is 11.3 Å². The molecule has 0 aromatic heterocycles. The van der Waals surface area contributed by atoms with Crippen LogP contribution in [-0.4, -0.2) is 36.5 Å². The summed E-state index contributed by atoms with van der Waals surface area (Å²) in [4.78, 5) is 14.9. The lowest BCUT2D eigenvalue weighted by atomic mass is 9.83. The maximum atomic E-state index is 12.7. The molecule has 2 heterocycles. The van der Waals surface area contributed by atoms with Crippen molar-refractivity contribution in [3.05, 3.63) is 0 Å². The van der Waals surface area contributed by atoms with Crippen molar-refractivity contribution in [3.63, 3.8) is 0 Å². The van der Waals surface area contributed by atoms with Crippen molar-refractivity contribution in [1.29, 1.82) is 0 Å². The molecule has 1 saturated carbocycles. The summed E-state index contributed by atoms with van der Waals surface area (Å²) in [5.74, 6) is 1.24. The molecular weight excluding hydrogens is 212 g/mol. The Balaban J connectivity index is 1.73. The molecule has 1 aliphatic carbocycles. The topological polar surface area (TPSA) is 32.3 Å². The molecule has 3 unspecified atom stereocenters. The summed E-state index contributed by atoms with van der Waals surface area (Å²) in [5.41, 5.74) is -0.119. The molecule has 3 nitrogen and oxygen atoms in total. The lowest BCUT2D eigenvalue weighted by Gasteiger charge is -2.36. The van der Waals surface area contributed by atoms with E-state index < -0.39 is 0 Å². The number of carbonyl (C=O) groups excluding carboxylic acids is 1. The van der Waals surface area contributed by atoms with Crippen LogP contribution in [0.5, 0.6) is 0 Å². The molecule has 3 aliphatic rings. The van der Waals surface area contributed by atoms with E-state index in [4.69, 9.17) is 0 Å². The van der Waals surface area contributed by atoms with Gasteiger partial charge in [-0.2, -0.15) is 0 Å². The van der Waals surface area contributed by atoms with E-state index in [1.165, 1.54) is 32.1 Å². The average Bonchev–Trinajstić information content (AvgIpc) is 2.95. The number of amides is 1. The average molecular weight is 236 g/mol. The fourth-order valence-corrected chi connectivity index (χ4v) is 4.00. The van der Waals surface area contributed by atoms with Gasteiger partial charge in [0.05, 0.1) is 5.41 Å². The van der Waals surface area contributed by atoms with Gasteiger partial charge in [0, 0.05) is 19.1 Å². The number of hydrogen-bond acceptors (Lipinski definition) is 2. The van der Waals surface area contributed by atoms with Gasteiger partial charge < -0.3 is 10.2 Å². The SMILES string of the molecule is CC1(C(=O)N2CCC3CCCCC32)CCNC1. The van der Waals surface area contributed by atoms with E-state index in [0.717, 1.165) is 32.0 Å². The monoisotopic (exact) mass is 236 g/mol. The number of fused-ring (bicyclic) bond motifs is 1. The minimum absolute atomic E-state index is 0.119. The molecule has 1 N–H and O–H groups in total. The molecule has 0 aromatic rings. The zero-order valence-electron chi connectivity index (χ0n) is 10.9. The van der Waals surface area contributed by atoms with Gasteiger partial charge >= 0.3 is 0 Å². The number of nitrogens with zero attached hydrogens (tertiary/aromatic N) is 1. The second-order valence-electron chi connectivity index (χ2n) is 6.39. The smallest absolute Gasteiger partial charge is 0.230 e. The molecule has 3 fully saturated rings. The van der Waals surface area contributed by atoms with Gasteiger partial charge in [0.1, 0.15) is 0 Å². The van der Waals surface area contributed by atoms with Crippen LogP contribution in [0.25, 0.3) is 0 Å². The predicted octanol–water partition coefficient (Wildman–Crippen LogP) is 1.78. The summed E-state index contributed by atoms with van der Waals surface area (Å²) < 4.78 is 0. The third-order valence-corrected chi connectivity index (χ3v) is 5.16. The van der Waals surface area contributed by atoms with Crippen molar-refractivity contribution in [2.24, 2.45) is 11.3 Å². The summed E-state index contributed by atoms with van der Waals surface area (Å²) in [7, 11) is 0. The van der Waals surface area contributed by atoms with Crippen LogP contribution in [0.3, 0.4) is 0 Å². The third-order valence-electron chi connectivity index (χ3n) is 5.16. The fourth-order valence-electron chi connectivity index (χ4n) is 4.00. The van der Waals surface area contributed by atoms with E-state index in [9.17, 15) is 4.79 Å². The Morgan fingerprint density at radius 2 is 2.12 bits per heavy atom. The molecule has 3 rings (SSSR count). The van der Waals surface area contributed by atoms with Crippen molar-refractivity contribution in [2.45, 2.75) is 51.5 Å². The molecule has 0 bridgehead atoms. The van der Waals surface area contributed by atoms with E-state index in [0.29, 0.717) is 11.9 Å². The quantitative estimate of drug-likeness (QED) is 0.752. The summed E-state index contributed by atoms with van der Waals surface area (Å²) in [5, 5.41) is 3.34. The lowest BCUT2D eigenvalue weighted by Crippen LogP contribution is -2.47. The normalized spacial score (nSPS) is 41.6. The van der Waals surface area contributed by atoms with E-state index in [1.54, 1.807) is 0 Å². The van der Waals surface area contributed by atoms with E-state index >= 15 is 0 Å². The van der Waals surface area contributed by atoms with Crippen LogP contribution in [0.4, 0.5) is 0 Å². The first kappa shape index (κ1) is 11.5. The molecule has 0 spiro atoms. The van der Waals surface area contributed by atoms with Gasteiger partial charge in [0.15, 0.2) is 0 Å². The molecule has 96 valence electrons. The van der Waals surface area contributed by atoms with Crippen molar-refractivity contribution in [3.8, 4) is 0 Å². The first-order valence-electron chi connectivity index (χ1n) is 7.22. The zero-order valence-corrected chi connectivity index (χ0v) is 10.9. The highest BCUT2D eigenvalue weighted by atomic mass is 16.2. The largest absolute Gasteiger partial charge is 0.339 e. The van der Waals surface area contributed by atoms with Gasteiger partial charge in [0.25, 0.3) is 0 Å². The standard InChI is InChI=1S/C14H24N2O/c1-14(7-8-15-10-14)13(17)16-9-6-11-4-2-3-5-12(11)16/h11-12,15H,2-10H2,1H3. The summed E-state index contributed by atoms with van der Waals surface area (Å²) in [6.45, 7) is 5.04. The molecule has 2 aliphatic heterocycles. The van der Waals surface area contributed by atoms with Crippen LogP contribution in [-0.2, 0) is 4.79 Å². The first-order chi connectivity index (χ1) is 8.21. The summed E-state index contributed by atoms with van der Waals surface area (Å²) >= 11 is 0. The van der Waals surface area contributed by atoms with Crippen molar-refractivity contribution < 1.29 is 4.79 Å². The number of carbonyl (C=O) groups is 1. The molecule has 1 amide bonds. The number of rotatable bonds is 1. The van der Waals surface area contributed by atoms with Crippen LogP contribution in [0.2, 0.25) is 0 Å². The van der Waals surface area contributed by atoms with Gasteiger partial charge in [-0.25, -0.2) is 0 Å². The second kappa shape index (κ2) is 4.27. The number of nitrogens with one attached hydrogen (secondary N) is 1. The zero-order chi connectivity index (χ0) is 11.9. The molecule has 2 saturated heterocycles. The maximum Gasteiger partial charge on any atom is 0.230 e. The highest BCUT2D eigenvalue weighted by Gasteiger charge is 2.45. The Morgan fingerprint density at radius 1 is 1.29 bits per heavy atom. The van der Waals surface area contributed by atoms with Crippen LogP contribution >= 0.6 is 0 Å². The number of hydrogen-bond donors (Lipinski definition) is 1. The Labute approximate surface area is 104 Å². The van der Waals surface area contributed by atoms with Gasteiger partial charge in [-0.3, -0.25) is 4.79 Å². The van der Waals surface area contributed by atoms with E-state index in [-0.39, 0.29) is 5.41 Å². The van der Waals surface area contributed by atoms with Crippen LogP contribution in [0.15, 0.2) is 0 Å². The minimum Gasteiger partial charge on any atom is -0.339 e. The van der Waals surface area contributed by atoms with Crippen molar-refractivity contribution >= 4 is 5.91 Å². The third kappa shape index (κ3) is 1.88. The van der Waals surface area contributed by atoms with Crippen molar-refractivity contribution in [2.75, 3.05) is 19.6 Å². The molecule has 0 radical (unpaired) electrons. The van der Waals surface area contributed by atoms with Gasteiger partial charge in [-0.05, 0) is 45.1 Å². The molecule has 17 heavy (non-hydrogen) atoms. The number of likely N-dealkylation sites (tertiary alicyclic amines) is 1. The van der Waals surface area contributed by atoms with E-state index in [1.807, 2.05) is 0 Å². The highest BCUT2D eigenvalue weighted by Crippen LogP contribution is 2.39. The minimum atomic E-state index is -0.119. The van der Waals surface area contributed by atoms with E-state index in [2.05, 4.69) is 17.1 Å². The lowest BCUT2D eigenvalue weighted by molar-refractivity contribution is -0.141. The molecule has 3 heteroatoms. The van der Waals surface area contributed by atoms with Crippen LogP contribution in [0.1, 0.15) is 45.4 Å². The Hall–Kier alpha value is -0.570. The highest BCUT2D eigenvalue weighted by molar-refractivity contribution is 5.83. The Bertz CT molecular complexity index is 309. The van der Waals surface area contributed by atoms with Crippen molar-refractivity contribution in [1.82, 2.24) is 10.2 Å².